The van der Waals surface area contributed by atoms with Crippen LogP contribution < -0.4 is 15.0 Å². The van der Waals surface area contributed by atoms with Gasteiger partial charge in [0.05, 0.1) is 11.7 Å². The van der Waals surface area contributed by atoms with Gasteiger partial charge in [-0.3, -0.25) is 4.79 Å². The van der Waals surface area contributed by atoms with Crippen LogP contribution in [-0.2, 0) is 6.54 Å². The van der Waals surface area contributed by atoms with E-state index < -0.39 is 5.54 Å². The van der Waals surface area contributed by atoms with Crippen molar-refractivity contribution in [3.63, 3.8) is 0 Å². The number of imidazole rings is 1. The Balaban J connectivity index is 1.87. The van der Waals surface area contributed by atoms with Gasteiger partial charge in [0.2, 0.25) is 0 Å². The smallest absolute Gasteiger partial charge is 0.272 e. The highest BCUT2D eigenvalue weighted by Gasteiger charge is 2.26. The predicted molar refractivity (Wildman–Crippen MR) is 103 cm³/mol. The van der Waals surface area contributed by atoms with E-state index in [-0.39, 0.29) is 18.3 Å². The minimum Gasteiger partial charge on any atom is -0.491 e. The molecule has 1 aliphatic rings. The molecular weight excluding hydrogens is 361 g/mol. The first-order chi connectivity index (χ1) is 13.4. The van der Waals surface area contributed by atoms with Crippen LogP contribution in [0.15, 0.2) is 36.5 Å². The van der Waals surface area contributed by atoms with Crippen molar-refractivity contribution in [1.82, 2.24) is 19.9 Å². The second-order valence-electron chi connectivity index (χ2n) is 7.50. The summed E-state index contributed by atoms with van der Waals surface area (Å²) < 4.78 is 21.4. The third-order valence-corrected chi connectivity index (χ3v) is 4.71. The number of ether oxygens (including phenoxy) is 1. The van der Waals surface area contributed by atoms with Crippen LogP contribution in [-0.4, -0.2) is 39.2 Å². The first-order valence-corrected chi connectivity index (χ1v) is 9.20. The van der Waals surface area contributed by atoms with E-state index >= 15 is 0 Å². The number of nitrogens with one attached hydrogen (secondary N) is 1. The number of carbonyl (C=O) groups excluding carboxylic acids is 1. The van der Waals surface area contributed by atoms with Gasteiger partial charge in [-0.2, -0.15) is 0 Å². The van der Waals surface area contributed by atoms with E-state index in [4.69, 9.17) is 4.74 Å². The summed E-state index contributed by atoms with van der Waals surface area (Å²) in [5.41, 5.74) is 1.00. The van der Waals surface area contributed by atoms with Crippen LogP contribution in [0.5, 0.6) is 5.75 Å². The number of halogens is 1. The zero-order valence-corrected chi connectivity index (χ0v) is 16.1. The fourth-order valence-corrected chi connectivity index (χ4v) is 3.23. The van der Waals surface area contributed by atoms with Crippen LogP contribution in [0.4, 0.5) is 10.2 Å². The minimum atomic E-state index is -0.650. The third-order valence-electron chi connectivity index (χ3n) is 4.71. The van der Waals surface area contributed by atoms with Gasteiger partial charge in [-0.25, -0.2) is 13.9 Å². The Hall–Kier alpha value is -3.16. The van der Waals surface area contributed by atoms with Crippen molar-refractivity contribution >= 4 is 17.4 Å². The SMILES string of the molecule is CCN1Cc2cc(F)ccc2OCC(C)(C)NC(=O)c2cnc3ccc1nn23. The molecule has 0 atom stereocenters. The lowest BCUT2D eigenvalue weighted by atomic mass is 10.1. The fraction of sp³-hybridized carbons (Fsp3) is 0.350. The molecule has 1 N–H and O–H groups in total. The first-order valence-electron chi connectivity index (χ1n) is 9.20. The second-order valence-corrected chi connectivity index (χ2v) is 7.50. The van der Waals surface area contributed by atoms with Gasteiger partial charge in [-0.1, -0.05) is 0 Å². The molecular formula is C20H22FN5O2. The lowest BCUT2D eigenvalue weighted by molar-refractivity contribution is 0.0873. The maximum Gasteiger partial charge on any atom is 0.272 e. The lowest BCUT2D eigenvalue weighted by Gasteiger charge is -2.27. The van der Waals surface area contributed by atoms with Crippen molar-refractivity contribution in [3.8, 4) is 5.75 Å². The van der Waals surface area contributed by atoms with Crippen LogP contribution >= 0.6 is 0 Å². The molecule has 7 nitrogen and oxygen atoms in total. The van der Waals surface area contributed by atoms with Crippen LogP contribution in [0, 0.1) is 5.82 Å². The number of fused-ring (bicyclic) bond motifs is 2. The molecule has 0 aliphatic carbocycles. The van der Waals surface area contributed by atoms with Gasteiger partial charge in [0, 0.05) is 18.7 Å². The first kappa shape index (κ1) is 18.2. The van der Waals surface area contributed by atoms with E-state index in [2.05, 4.69) is 15.4 Å². The predicted octanol–water partition coefficient (Wildman–Crippen LogP) is 2.80. The molecule has 2 bridgehead atoms. The minimum absolute atomic E-state index is 0.233. The molecule has 1 aliphatic heterocycles. The molecule has 8 heteroatoms. The summed E-state index contributed by atoms with van der Waals surface area (Å²) in [7, 11) is 0. The van der Waals surface area contributed by atoms with Crippen LogP contribution in [0.1, 0.15) is 36.8 Å². The summed E-state index contributed by atoms with van der Waals surface area (Å²) in [6.45, 7) is 7.04. The highest BCUT2D eigenvalue weighted by Crippen LogP contribution is 2.25. The largest absolute Gasteiger partial charge is 0.491 e. The molecule has 0 saturated carbocycles. The summed E-state index contributed by atoms with van der Waals surface area (Å²) in [5.74, 6) is 0.641. The molecule has 4 rings (SSSR count). The number of anilines is 1. The van der Waals surface area contributed by atoms with Crippen molar-refractivity contribution < 1.29 is 13.9 Å². The lowest BCUT2D eigenvalue weighted by Crippen LogP contribution is -2.48. The zero-order valence-electron chi connectivity index (χ0n) is 16.1. The van der Waals surface area contributed by atoms with E-state index in [0.29, 0.717) is 36.0 Å². The summed E-state index contributed by atoms with van der Waals surface area (Å²) in [4.78, 5) is 19.1. The number of benzene rings is 1. The second kappa shape index (κ2) is 6.78. The number of hydrogen-bond acceptors (Lipinski definition) is 5. The van der Waals surface area contributed by atoms with Crippen molar-refractivity contribution in [2.45, 2.75) is 32.9 Å². The number of rotatable bonds is 1. The molecule has 0 radical (unpaired) electrons. The maximum absolute atomic E-state index is 13.9. The Kier molecular flexibility index (Phi) is 4.41. The molecule has 1 amide bonds. The highest BCUT2D eigenvalue weighted by atomic mass is 19.1. The summed E-state index contributed by atoms with van der Waals surface area (Å²) in [6.07, 6.45) is 1.51. The number of hydrogen-bond donors (Lipinski definition) is 1. The van der Waals surface area contributed by atoms with Crippen LogP contribution in [0.2, 0.25) is 0 Å². The Bertz CT molecular complexity index is 1050. The standard InChI is InChI=1S/C20H22FN5O2/c1-4-25-11-13-9-14(21)5-6-16(13)28-12-20(2,3)23-19(27)15-10-22-17-7-8-18(25)24-26(15)17/h5-10H,4,11-12H2,1-3H3,(H,23,27). The van der Waals surface area contributed by atoms with Crippen molar-refractivity contribution in [3.05, 3.63) is 53.6 Å². The molecule has 28 heavy (non-hydrogen) atoms. The van der Waals surface area contributed by atoms with Crippen molar-refractivity contribution in [1.29, 1.82) is 0 Å². The average molecular weight is 383 g/mol. The van der Waals surface area contributed by atoms with Crippen molar-refractivity contribution in [2.24, 2.45) is 0 Å². The van der Waals surface area contributed by atoms with Crippen molar-refractivity contribution in [2.75, 3.05) is 18.1 Å². The Labute approximate surface area is 162 Å². The van der Waals surface area contributed by atoms with E-state index in [1.807, 2.05) is 37.8 Å². The topological polar surface area (TPSA) is 71.8 Å². The van der Waals surface area contributed by atoms with Gasteiger partial charge < -0.3 is 15.0 Å². The summed E-state index contributed by atoms with van der Waals surface area (Å²) in [6, 6.07) is 8.14. The number of carbonyl (C=O) groups is 1. The van der Waals surface area contributed by atoms with E-state index in [0.717, 1.165) is 5.56 Å². The van der Waals surface area contributed by atoms with Gasteiger partial charge in [0.25, 0.3) is 5.91 Å². The van der Waals surface area contributed by atoms with Gasteiger partial charge in [-0.05, 0) is 51.1 Å². The van der Waals surface area contributed by atoms with E-state index in [1.165, 1.54) is 22.8 Å². The number of aromatic nitrogens is 3. The molecule has 1 aromatic carbocycles. The monoisotopic (exact) mass is 383 g/mol. The van der Waals surface area contributed by atoms with E-state index in [1.54, 1.807) is 6.07 Å². The van der Waals surface area contributed by atoms with Gasteiger partial charge >= 0.3 is 0 Å². The highest BCUT2D eigenvalue weighted by molar-refractivity contribution is 5.93. The average Bonchev–Trinajstić information content (AvgIpc) is 3.07. The molecule has 0 spiro atoms. The molecule has 3 aromatic rings. The molecule has 0 unspecified atom stereocenters. The Morgan fingerprint density at radius 2 is 2.11 bits per heavy atom. The van der Waals surface area contributed by atoms with Gasteiger partial charge in [0.1, 0.15) is 24.0 Å². The molecule has 3 heterocycles. The Morgan fingerprint density at radius 1 is 1.29 bits per heavy atom. The van der Waals surface area contributed by atoms with Gasteiger partial charge in [0.15, 0.2) is 11.3 Å². The van der Waals surface area contributed by atoms with Crippen LogP contribution in [0.3, 0.4) is 0 Å². The maximum atomic E-state index is 13.9. The quantitative estimate of drug-likeness (QED) is 0.700. The third kappa shape index (κ3) is 3.37. The number of amides is 1. The molecule has 146 valence electrons. The molecule has 0 saturated heterocycles. The summed E-state index contributed by atoms with van der Waals surface area (Å²) >= 11 is 0. The van der Waals surface area contributed by atoms with Gasteiger partial charge in [-0.15, -0.1) is 5.10 Å². The normalized spacial score (nSPS) is 16.6. The fourth-order valence-electron chi connectivity index (χ4n) is 3.23. The zero-order chi connectivity index (χ0) is 19.9. The molecule has 2 aromatic heterocycles. The summed E-state index contributed by atoms with van der Waals surface area (Å²) in [5, 5.41) is 7.58. The molecule has 0 fully saturated rings. The van der Waals surface area contributed by atoms with E-state index in [9.17, 15) is 9.18 Å². The number of nitrogens with zero attached hydrogens (tertiary/aromatic N) is 4. The van der Waals surface area contributed by atoms with Crippen LogP contribution in [0.25, 0.3) is 5.65 Å². The Morgan fingerprint density at radius 3 is 2.89 bits per heavy atom.